The van der Waals surface area contributed by atoms with Crippen LogP contribution in [0.3, 0.4) is 0 Å². The summed E-state index contributed by atoms with van der Waals surface area (Å²) >= 11 is 0. The predicted molar refractivity (Wildman–Crippen MR) is 103 cm³/mol. The van der Waals surface area contributed by atoms with Gasteiger partial charge in [0.15, 0.2) is 0 Å². The Bertz CT molecular complexity index is 935. The van der Waals surface area contributed by atoms with Crippen LogP contribution in [0.15, 0.2) is 60.2 Å². The van der Waals surface area contributed by atoms with E-state index < -0.39 is 22.7 Å². The van der Waals surface area contributed by atoms with Crippen molar-refractivity contribution < 1.29 is 19.6 Å². The van der Waals surface area contributed by atoms with E-state index in [-0.39, 0.29) is 22.6 Å². The summed E-state index contributed by atoms with van der Waals surface area (Å²) in [5, 5.41) is 21.7. The van der Waals surface area contributed by atoms with E-state index in [0.717, 1.165) is 18.4 Å². The minimum atomic E-state index is -0.749. The number of nitro benzene ring substituents is 1. The molecule has 0 saturated carbocycles. The molecule has 1 fully saturated rings. The van der Waals surface area contributed by atoms with Gasteiger partial charge in [-0.3, -0.25) is 19.7 Å². The third-order valence-corrected chi connectivity index (χ3v) is 4.76. The fourth-order valence-corrected chi connectivity index (χ4v) is 3.32. The van der Waals surface area contributed by atoms with Gasteiger partial charge in [0.25, 0.3) is 17.4 Å². The Morgan fingerprint density at radius 2 is 1.75 bits per heavy atom. The SMILES string of the molecule is CCCCN1C(=O)C(=O)/C(=C(/O)c2ccc([N+](=O)[O-])cc2)C1c1ccccc1. The van der Waals surface area contributed by atoms with Crippen molar-refractivity contribution in [2.45, 2.75) is 25.8 Å². The molecule has 2 aromatic rings. The van der Waals surface area contributed by atoms with Crippen molar-refractivity contribution in [3.05, 3.63) is 81.4 Å². The number of non-ortho nitro benzene ring substituents is 1. The van der Waals surface area contributed by atoms with Crippen LogP contribution >= 0.6 is 0 Å². The second-order valence-corrected chi connectivity index (χ2v) is 6.56. The molecule has 7 heteroatoms. The summed E-state index contributed by atoms with van der Waals surface area (Å²) in [6.45, 7) is 2.39. The topological polar surface area (TPSA) is 101 Å². The van der Waals surface area contributed by atoms with E-state index in [2.05, 4.69) is 0 Å². The summed E-state index contributed by atoms with van der Waals surface area (Å²) in [6.07, 6.45) is 1.58. The molecule has 28 heavy (non-hydrogen) atoms. The highest BCUT2D eigenvalue weighted by atomic mass is 16.6. The van der Waals surface area contributed by atoms with Crippen LogP contribution in [0.25, 0.3) is 5.76 Å². The van der Waals surface area contributed by atoms with Crippen molar-refractivity contribution in [2.24, 2.45) is 0 Å². The van der Waals surface area contributed by atoms with Gasteiger partial charge in [0.2, 0.25) is 0 Å². The minimum Gasteiger partial charge on any atom is -0.507 e. The first kappa shape index (κ1) is 19.3. The third kappa shape index (κ3) is 3.51. The van der Waals surface area contributed by atoms with Crippen LogP contribution in [-0.2, 0) is 9.59 Å². The van der Waals surface area contributed by atoms with Crippen molar-refractivity contribution in [2.75, 3.05) is 6.54 Å². The quantitative estimate of drug-likeness (QED) is 0.270. The number of nitro groups is 1. The maximum absolute atomic E-state index is 12.7. The van der Waals surface area contributed by atoms with Crippen LogP contribution in [-0.4, -0.2) is 33.2 Å². The van der Waals surface area contributed by atoms with Crippen molar-refractivity contribution >= 4 is 23.1 Å². The molecule has 0 aromatic heterocycles. The number of aliphatic hydroxyl groups is 1. The molecule has 1 N–H and O–H groups in total. The lowest BCUT2D eigenvalue weighted by atomic mass is 9.95. The van der Waals surface area contributed by atoms with E-state index in [0.29, 0.717) is 6.54 Å². The molecule has 1 aliphatic heterocycles. The van der Waals surface area contributed by atoms with Gasteiger partial charge in [0.1, 0.15) is 5.76 Å². The second kappa shape index (κ2) is 8.04. The Balaban J connectivity index is 2.11. The Morgan fingerprint density at radius 1 is 1.11 bits per heavy atom. The van der Waals surface area contributed by atoms with Gasteiger partial charge in [0.05, 0.1) is 16.5 Å². The molecule has 0 spiro atoms. The number of aliphatic hydroxyl groups excluding tert-OH is 1. The summed E-state index contributed by atoms with van der Waals surface area (Å²) in [4.78, 5) is 37.1. The lowest BCUT2D eigenvalue weighted by molar-refractivity contribution is -0.384. The number of benzene rings is 2. The third-order valence-electron chi connectivity index (χ3n) is 4.76. The number of carbonyl (C=O) groups excluding carboxylic acids is 2. The summed E-state index contributed by atoms with van der Waals surface area (Å²) in [7, 11) is 0. The lowest BCUT2D eigenvalue weighted by Crippen LogP contribution is -2.30. The summed E-state index contributed by atoms with van der Waals surface area (Å²) < 4.78 is 0. The summed E-state index contributed by atoms with van der Waals surface area (Å²) in [5.74, 6) is -1.73. The molecule has 2 aromatic carbocycles. The van der Waals surface area contributed by atoms with E-state index >= 15 is 0 Å². The summed E-state index contributed by atoms with van der Waals surface area (Å²) in [5.41, 5.74) is 0.849. The molecule has 1 atom stereocenters. The number of Topliss-reactive ketones (excluding diaryl/α,β-unsaturated/α-hetero) is 1. The Morgan fingerprint density at radius 3 is 2.32 bits per heavy atom. The molecular weight excluding hydrogens is 360 g/mol. The Hall–Kier alpha value is -3.48. The highest BCUT2D eigenvalue weighted by Crippen LogP contribution is 2.39. The smallest absolute Gasteiger partial charge is 0.295 e. The minimum absolute atomic E-state index is 0.00107. The monoisotopic (exact) mass is 380 g/mol. The average molecular weight is 380 g/mol. The zero-order valence-electron chi connectivity index (χ0n) is 15.4. The van der Waals surface area contributed by atoms with Crippen LogP contribution < -0.4 is 0 Å². The largest absolute Gasteiger partial charge is 0.507 e. The van der Waals surface area contributed by atoms with Gasteiger partial charge >= 0.3 is 0 Å². The van der Waals surface area contributed by atoms with Gasteiger partial charge in [0, 0.05) is 24.2 Å². The number of nitrogens with zero attached hydrogens (tertiary/aromatic N) is 2. The highest BCUT2D eigenvalue weighted by Gasteiger charge is 2.45. The first-order valence-electron chi connectivity index (χ1n) is 9.04. The molecule has 3 rings (SSSR count). The fourth-order valence-electron chi connectivity index (χ4n) is 3.32. The molecule has 1 aliphatic rings. The second-order valence-electron chi connectivity index (χ2n) is 6.56. The van der Waals surface area contributed by atoms with Gasteiger partial charge < -0.3 is 10.0 Å². The van der Waals surface area contributed by atoms with Crippen molar-refractivity contribution in [3.63, 3.8) is 0 Å². The highest BCUT2D eigenvalue weighted by molar-refractivity contribution is 6.46. The normalized spacial score (nSPS) is 18.5. The number of amides is 1. The van der Waals surface area contributed by atoms with Gasteiger partial charge in [-0.1, -0.05) is 43.7 Å². The molecule has 1 saturated heterocycles. The number of hydrogen-bond acceptors (Lipinski definition) is 5. The van der Waals surface area contributed by atoms with Crippen LogP contribution in [0.5, 0.6) is 0 Å². The molecule has 1 amide bonds. The first-order chi connectivity index (χ1) is 13.5. The maximum atomic E-state index is 12.7. The lowest BCUT2D eigenvalue weighted by Gasteiger charge is -2.25. The van der Waals surface area contributed by atoms with Gasteiger partial charge in [-0.05, 0) is 24.1 Å². The van der Waals surface area contributed by atoms with E-state index in [1.54, 1.807) is 24.3 Å². The number of rotatable bonds is 6. The molecule has 0 bridgehead atoms. The summed E-state index contributed by atoms with van der Waals surface area (Å²) in [6, 6.07) is 13.6. The maximum Gasteiger partial charge on any atom is 0.295 e. The average Bonchev–Trinajstić information content (AvgIpc) is 2.97. The van der Waals surface area contributed by atoms with Crippen LogP contribution in [0, 0.1) is 10.1 Å². The molecule has 1 heterocycles. The zero-order valence-corrected chi connectivity index (χ0v) is 15.4. The number of likely N-dealkylation sites (tertiary alicyclic amines) is 1. The molecule has 7 nitrogen and oxygen atoms in total. The van der Waals surface area contributed by atoms with Crippen LogP contribution in [0.2, 0.25) is 0 Å². The first-order valence-corrected chi connectivity index (χ1v) is 9.04. The number of unbranched alkanes of at least 4 members (excludes halogenated alkanes) is 1. The number of carbonyl (C=O) groups is 2. The standard InChI is InChI=1S/C21H20N2O5/c1-2-3-13-22-18(14-7-5-4-6-8-14)17(20(25)21(22)26)19(24)15-9-11-16(12-10-15)23(27)28/h4-12,18,24H,2-3,13H2,1H3/b19-17+. The molecule has 0 radical (unpaired) electrons. The Labute approximate surface area is 162 Å². The van der Waals surface area contributed by atoms with Crippen molar-refractivity contribution in [1.82, 2.24) is 4.90 Å². The van der Waals surface area contributed by atoms with Crippen molar-refractivity contribution in [3.8, 4) is 0 Å². The van der Waals surface area contributed by atoms with Crippen LogP contribution in [0.1, 0.15) is 36.9 Å². The number of ketones is 1. The van der Waals surface area contributed by atoms with E-state index in [1.165, 1.54) is 29.2 Å². The number of hydrogen-bond donors (Lipinski definition) is 1. The van der Waals surface area contributed by atoms with E-state index in [9.17, 15) is 24.8 Å². The van der Waals surface area contributed by atoms with Gasteiger partial charge in [-0.2, -0.15) is 0 Å². The predicted octanol–water partition coefficient (Wildman–Crippen LogP) is 3.82. The van der Waals surface area contributed by atoms with E-state index in [4.69, 9.17) is 0 Å². The zero-order chi connectivity index (χ0) is 20.3. The van der Waals surface area contributed by atoms with Crippen LogP contribution in [0.4, 0.5) is 5.69 Å². The van der Waals surface area contributed by atoms with E-state index in [1.807, 2.05) is 13.0 Å². The molecular formula is C21H20N2O5. The molecule has 144 valence electrons. The molecule has 1 unspecified atom stereocenters. The fraction of sp³-hybridized carbons (Fsp3) is 0.238. The van der Waals surface area contributed by atoms with Crippen molar-refractivity contribution in [1.29, 1.82) is 0 Å². The Kier molecular flexibility index (Phi) is 5.54. The van der Waals surface area contributed by atoms with Gasteiger partial charge in [-0.15, -0.1) is 0 Å². The molecule has 0 aliphatic carbocycles. The van der Waals surface area contributed by atoms with Gasteiger partial charge in [-0.25, -0.2) is 0 Å².